The van der Waals surface area contributed by atoms with Crippen LogP contribution in [0.1, 0.15) is 23.0 Å². The first-order valence-corrected chi connectivity index (χ1v) is 6.55. The van der Waals surface area contributed by atoms with Gasteiger partial charge in [-0.15, -0.1) is 0 Å². The number of nitrogens with one attached hydrogen (secondary N) is 1. The fraction of sp³-hybridized carbons (Fsp3) is 0.571. The van der Waals surface area contributed by atoms with Crippen LogP contribution in [0, 0.1) is 12.8 Å². The average Bonchev–Trinajstić information content (AvgIpc) is 2.70. The highest BCUT2D eigenvalue weighted by Crippen LogP contribution is 2.21. The van der Waals surface area contributed by atoms with Crippen LogP contribution < -0.4 is 5.43 Å². The molecule has 1 amide bonds. The molecule has 0 aromatic carbocycles. The van der Waals surface area contributed by atoms with Crippen LogP contribution in [0.5, 0.6) is 0 Å². The number of likely N-dealkylation sites (N-methyl/N-ethyl adjacent to an activating group) is 1. The van der Waals surface area contributed by atoms with Gasteiger partial charge in [-0.25, -0.2) is 0 Å². The zero-order valence-electron chi connectivity index (χ0n) is 11.9. The number of carbonyl (C=O) groups excluding carboxylic acids is 1. The maximum atomic E-state index is 12.4. The monoisotopic (exact) mass is 263 g/mol. The molecule has 1 aromatic rings. The highest BCUT2D eigenvalue weighted by atomic mass is 16.2. The molecule has 104 valence electrons. The van der Waals surface area contributed by atoms with Crippen LogP contribution in [-0.4, -0.2) is 53.9 Å². The van der Waals surface area contributed by atoms with Gasteiger partial charge in [0, 0.05) is 37.1 Å². The summed E-state index contributed by atoms with van der Waals surface area (Å²) in [6.07, 6.45) is 1.52. The number of hydrogen-bond acceptors (Lipinski definition) is 3. The van der Waals surface area contributed by atoms with Gasteiger partial charge in [-0.3, -0.25) is 9.59 Å². The van der Waals surface area contributed by atoms with Crippen molar-refractivity contribution in [2.45, 2.75) is 19.9 Å². The minimum Gasteiger partial charge on any atom is -0.364 e. The number of aryl methyl sites for hydroxylation is 1. The van der Waals surface area contributed by atoms with Gasteiger partial charge in [-0.05, 0) is 26.9 Å². The molecule has 1 N–H and O–H groups in total. The molecule has 0 radical (unpaired) electrons. The number of carbonyl (C=O) groups is 1. The molecule has 2 rings (SSSR count). The van der Waals surface area contributed by atoms with Gasteiger partial charge in [0.25, 0.3) is 5.91 Å². The van der Waals surface area contributed by atoms with Gasteiger partial charge < -0.3 is 14.8 Å². The third-order valence-electron chi connectivity index (χ3n) is 3.81. The lowest BCUT2D eigenvalue weighted by Gasteiger charge is -2.22. The molecular formula is C14H21N3O2. The van der Waals surface area contributed by atoms with Crippen LogP contribution in [-0.2, 0) is 0 Å². The molecule has 1 saturated heterocycles. The summed E-state index contributed by atoms with van der Waals surface area (Å²) in [5.41, 5.74) is 0.793. The van der Waals surface area contributed by atoms with Gasteiger partial charge in [0.1, 0.15) is 5.56 Å². The van der Waals surface area contributed by atoms with E-state index in [1.54, 1.807) is 11.8 Å². The number of rotatable bonds is 2. The van der Waals surface area contributed by atoms with Gasteiger partial charge in [0.15, 0.2) is 5.43 Å². The number of pyridine rings is 1. The van der Waals surface area contributed by atoms with Gasteiger partial charge >= 0.3 is 0 Å². The third kappa shape index (κ3) is 2.71. The highest BCUT2D eigenvalue weighted by Gasteiger charge is 2.34. The van der Waals surface area contributed by atoms with Crippen molar-refractivity contribution < 1.29 is 4.79 Å². The second-order valence-corrected chi connectivity index (χ2v) is 5.61. The van der Waals surface area contributed by atoms with Crippen molar-refractivity contribution in [3.63, 3.8) is 0 Å². The van der Waals surface area contributed by atoms with Crippen molar-refractivity contribution in [1.82, 2.24) is 14.8 Å². The van der Waals surface area contributed by atoms with Gasteiger partial charge in [0.05, 0.1) is 0 Å². The summed E-state index contributed by atoms with van der Waals surface area (Å²) in [4.78, 5) is 31.1. The molecule has 2 atom stereocenters. The smallest absolute Gasteiger partial charge is 0.259 e. The normalized spacial score (nSPS) is 23.1. The van der Waals surface area contributed by atoms with Crippen LogP contribution in [0.3, 0.4) is 0 Å². The van der Waals surface area contributed by atoms with E-state index in [0.717, 1.165) is 5.69 Å². The third-order valence-corrected chi connectivity index (χ3v) is 3.81. The molecule has 1 aromatic heterocycles. The summed E-state index contributed by atoms with van der Waals surface area (Å²) >= 11 is 0. The second-order valence-electron chi connectivity index (χ2n) is 5.61. The quantitative estimate of drug-likeness (QED) is 0.855. The van der Waals surface area contributed by atoms with Crippen LogP contribution in [0.15, 0.2) is 17.1 Å². The number of likely N-dealkylation sites (tertiary alicyclic amines) is 1. The van der Waals surface area contributed by atoms with E-state index in [1.165, 1.54) is 12.3 Å². The fourth-order valence-corrected chi connectivity index (χ4v) is 2.70. The number of amides is 1. The lowest BCUT2D eigenvalue weighted by molar-refractivity contribution is 0.0779. The van der Waals surface area contributed by atoms with Gasteiger partial charge in [-0.1, -0.05) is 6.92 Å². The van der Waals surface area contributed by atoms with E-state index in [1.807, 2.05) is 14.1 Å². The Morgan fingerprint density at radius 3 is 2.63 bits per heavy atom. The SMILES string of the molecule is Cc1cc(=O)c(C(=O)N2CC(C)C(N(C)C)C2)c[nH]1. The molecule has 5 nitrogen and oxygen atoms in total. The Kier molecular flexibility index (Phi) is 3.75. The Hall–Kier alpha value is -1.62. The first-order chi connectivity index (χ1) is 8.90. The molecule has 1 aliphatic rings. The van der Waals surface area contributed by atoms with Crippen LogP contribution >= 0.6 is 0 Å². The predicted octanol–water partition coefficient (Wildman–Crippen LogP) is 0.705. The molecular weight excluding hydrogens is 242 g/mol. The summed E-state index contributed by atoms with van der Waals surface area (Å²) in [6, 6.07) is 1.82. The number of hydrogen-bond donors (Lipinski definition) is 1. The van der Waals surface area contributed by atoms with Crippen molar-refractivity contribution >= 4 is 5.91 Å². The van der Waals surface area contributed by atoms with Crippen molar-refractivity contribution in [1.29, 1.82) is 0 Å². The fourth-order valence-electron chi connectivity index (χ4n) is 2.70. The van der Waals surface area contributed by atoms with E-state index in [0.29, 0.717) is 25.0 Å². The Balaban J connectivity index is 2.20. The lowest BCUT2D eigenvalue weighted by Crippen LogP contribution is -2.37. The Morgan fingerprint density at radius 2 is 2.11 bits per heavy atom. The molecule has 1 aliphatic heterocycles. The second kappa shape index (κ2) is 5.17. The molecule has 2 unspecified atom stereocenters. The number of aromatic nitrogens is 1. The molecule has 2 heterocycles. The largest absolute Gasteiger partial charge is 0.364 e. The summed E-state index contributed by atoms with van der Waals surface area (Å²) in [5.74, 6) is 0.251. The van der Waals surface area contributed by atoms with Crippen LogP contribution in [0.25, 0.3) is 0 Å². The average molecular weight is 263 g/mol. The summed E-state index contributed by atoms with van der Waals surface area (Å²) < 4.78 is 0. The van der Waals surface area contributed by atoms with Gasteiger partial charge in [-0.2, -0.15) is 0 Å². The van der Waals surface area contributed by atoms with E-state index in [2.05, 4.69) is 16.8 Å². The molecule has 0 spiro atoms. The van der Waals surface area contributed by atoms with Crippen LogP contribution in [0.2, 0.25) is 0 Å². The first-order valence-electron chi connectivity index (χ1n) is 6.55. The molecule has 1 fully saturated rings. The van der Waals surface area contributed by atoms with Crippen molar-refractivity contribution in [3.8, 4) is 0 Å². The topological polar surface area (TPSA) is 56.4 Å². The van der Waals surface area contributed by atoms with E-state index < -0.39 is 0 Å². The maximum absolute atomic E-state index is 12.4. The van der Waals surface area contributed by atoms with E-state index in [9.17, 15) is 9.59 Å². The summed E-state index contributed by atoms with van der Waals surface area (Å²) in [5, 5.41) is 0. The molecule has 5 heteroatoms. The molecule has 19 heavy (non-hydrogen) atoms. The molecule has 0 bridgehead atoms. The number of H-pyrrole nitrogens is 1. The number of aromatic amines is 1. The molecule has 0 aliphatic carbocycles. The van der Waals surface area contributed by atoms with E-state index >= 15 is 0 Å². The Morgan fingerprint density at radius 1 is 1.42 bits per heavy atom. The van der Waals surface area contributed by atoms with Gasteiger partial charge in [0.2, 0.25) is 0 Å². The van der Waals surface area contributed by atoms with Crippen LogP contribution in [0.4, 0.5) is 0 Å². The van der Waals surface area contributed by atoms with E-state index in [4.69, 9.17) is 0 Å². The zero-order chi connectivity index (χ0) is 14.2. The Labute approximate surface area is 113 Å². The van der Waals surface area contributed by atoms with Crippen molar-refractivity contribution in [2.24, 2.45) is 5.92 Å². The van der Waals surface area contributed by atoms with E-state index in [-0.39, 0.29) is 16.9 Å². The standard InChI is InChI=1S/C14H21N3O2/c1-9-7-17(8-12(9)16(3)4)14(19)11-6-15-10(2)5-13(11)18/h5-6,9,12H,7-8H2,1-4H3,(H,15,18). The van der Waals surface area contributed by atoms with Crippen molar-refractivity contribution in [3.05, 3.63) is 33.7 Å². The predicted molar refractivity (Wildman–Crippen MR) is 74.3 cm³/mol. The Bertz CT molecular complexity index is 536. The summed E-state index contributed by atoms with van der Waals surface area (Å²) in [6.45, 7) is 5.32. The zero-order valence-corrected chi connectivity index (χ0v) is 11.9. The molecule has 0 saturated carbocycles. The maximum Gasteiger partial charge on any atom is 0.259 e. The number of nitrogens with zero attached hydrogens (tertiary/aromatic N) is 2. The lowest BCUT2D eigenvalue weighted by atomic mass is 10.1. The highest BCUT2D eigenvalue weighted by molar-refractivity contribution is 5.94. The minimum absolute atomic E-state index is 0.169. The first kappa shape index (κ1) is 13.8. The van der Waals surface area contributed by atoms with Crippen molar-refractivity contribution in [2.75, 3.05) is 27.2 Å². The summed E-state index contributed by atoms with van der Waals surface area (Å²) in [7, 11) is 4.04. The minimum atomic E-state index is -0.206.